The summed E-state index contributed by atoms with van der Waals surface area (Å²) < 4.78 is 1.89. The van der Waals surface area contributed by atoms with Crippen LogP contribution in [0.4, 0.5) is 0 Å². The van der Waals surface area contributed by atoms with E-state index in [1.165, 1.54) is 16.9 Å². The van der Waals surface area contributed by atoms with Crippen LogP contribution in [-0.4, -0.2) is 32.6 Å². The molecular formula is C18H20N4OS. The van der Waals surface area contributed by atoms with Crippen LogP contribution in [0.3, 0.4) is 0 Å². The van der Waals surface area contributed by atoms with Gasteiger partial charge in [-0.25, -0.2) is 4.98 Å². The van der Waals surface area contributed by atoms with E-state index < -0.39 is 0 Å². The molecule has 0 saturated heterocycles. The van der Waals surface area contributed by atoms with Gasteiger partial charge in [-0.05, 0) is 19.4 Å². The number of carbonyl (C=O) groups is 1. The molecule has 0 atom stereocenters. The third-order valence-electron chi connectivity index (χ3n) is 3.74. The van der Waals surface area contributed by atoms with Crippen LogP contribution in [-0.2, 0) is 13.1 Å². The largest absolute Gasteiger partial charge is 0.337 e. The summed E-state index contributed by atoms with van der Waals surface area (Å²) in [5.74, 6) is 0.00825. The summed E-state index contributed by atoms with van der Waals surface area (Å²) in [4.78, 5) is 19.3. The molecule has 0 spiro atoms. The van der Waals surface area contributed by atoms with E-state index in [2.05, 4.69) is 22.2 Å². The Kier molecular flexibility index (Phi) is 4.76. The van der Waals surface area contributed by atoms with E-state index >= 15 is 0 Å². The molecule has 2 aromatic heterocycles. The first kappa shape index (κ1) is 16.4. The molecule has 124 valence electrons. The fourth-order valence-electron chi connectivity index (χ4n) is 2.59. The lowest BCUT2D eigenvalue weighted by Gasteiger charge is -2.15. The Balaban J connectivity index is 1.66. The number of thiazole rings is 1. The molecule has 2 heterocycles. The molecule has 0 unspecified atom stereocenters. The Morgan fingerprint density at radius 2 is 1.96 bits per heavy atom. The van der Waals surface area contributed by atoms with E-state index in [1.807, 2.05) is 56.2 Å². The molecule has 0 aliphatic heterocycles. The highest BCUT2D eigenvalue weighted by molar-refractivity contribution is 7.13. The van der Waals surface area contributed by atoms with Gasteiger partial charge in [0.05, 0.1) is 23.4 Å². The van der Waals surface area contributed by atoms with Crippen molar-refractivity contribution in [1.29, 1.82) is 0 Å². The van der Waals surface area contributed by atoms with E-state index in [1.54, 1.807) is 4.90 Å². The lowest BCUT2D eigenvalue weighted by molar-refractivity contribution is 0.0789. The molecule has 0 N–H and O–H groups in total. The molecular weight excluding hydrogens is 320 g/mol. The Morgan fingerprint density at radius 1 is 1.21 bits per heavy atom. The number of hydrogen-bond donors (Lipinski definition) is 0. The van der Waals surface area contributed by atoms with Crippen LogP contribution in [0.1, 0.15) is 31.5 Å². The lowest BCUT2D eigenvalue weighted by Crippen LogP contribution is -2.25. The number of carbonyl (C=O) groups excluding carboxylic acids is 1. The number of amides is 1. The normalized spacial score (nSPS) is 10.8. The molecule has 1 amide bonds. The van der Waals surface area contributed by atoms with Gasteiger partial charge in [0.25, 0.3) is 5.91 Å². The number of benzene rings is 1. The zero-order chi connectivity index (χ0) is 17.1. The average molecular weight is 340 g/mol. The number of rotatable bonds is 5. The van der Waals surface area contributed by atoms with Crippen molar-refractivity contribution in [2.75, 3.05) is 7.05 Å². The van der Waals surface area contributed by atoms with Gasteiger partial charge in [0, 0.05) is 25.4 Å². The number of aromatic nitrogens is 3. The molecule has 3 rings (SSSR count). The second-order valence-corrected chi connectivity index (χ2v) is 7.04. The predicted octanol–water partition coefficient (Wildman–Crippen LogP) is 3.28. The van der Waals surface area contributed by atoms with E-state index in [-0.39, 0.29) is 5.91 Å². The Bertz CT molecular complexity index is 838. The molecule has 0 fully saturated rings. The average Bonchev–Trinajstić information content (AvgIpc) is 3.13. The lowest BCUT2D eigenvalue weighted by atomic mass is 10.2. The van der Waals surface area contributed by atoms with Gasteiger partial charge in [0.15, 0.2) is 0 Å². The summed E-state index contributed by atoms with van der Waals surface area (Å²) in [6.07, 6.45) is 3.80. The highest BCUT2D eigenvalue weighted by atomic mass is 32.1. The van der Waals surface area contributed by atoms with E-state index in [4.69, 9.17) is 0 Å². The summed E-state index contributed by atoms with van der Waals surface area (Å²) in [5.41, 5.74) is 3.02. The summed E-state index contributed by atoms with van der Waals surface area (Å²) in [7, 11) is 1.81. The minimum atomic E-state index is 0.00825. The van der Waals surface area contributed by atoms with Crippen LogP contribution in [0.5, 0.6) is 0 Å². The standard InChI is InChI=1S/C18H20N4OS/c1-13-17(24-14(2)20-13)18(23)21(3)10-16-9-19-22(12-16)11-15-7-5-4-6-8-15/h4-9,12H,10-11H2,1-3H3. The van der Waals surface area contributed by atoms with E-state index in [9.17, 15) is 4.79 Å². The molecule has 0 aliphatic rings. The second-order valence-electron chi connectivity index (χ2n) is 5.84. The number of nitrogens with zero attached hydrogens (tertiary/aromatic N) is 4. The van der Waals surface area contributed by atoms with Gasteiger partial charge >= 0.3 is 0 Å². The Hall–Kier alpha value is -2.47. The van der Waals surface area contributed by atoms with Gasteiger partial charge in [0.2, 0.25) is 0 Å². The van der Waals surface area contributed by atoms with Crippen LogP contribution < -0.4 is 0 Å². The molecule has 5 nitrogen and oxygen atoms in total. The van der Waals surface area contributed by atoms with Crippen molar-refractivity contribution in [2.45, 2.75) is 26.9 Å². The van der Waals surface area contributed by atoms with Crippen molar-refractivity contribution in [2.24, 2.45) is 0 Å². The monoisotopic (exact) mass is 340 g/mol. The molecule has 0 radical (unpaired) electrons. The molecule has 0 bridgehead atoms. The first-order chi connectivity index (χ1) is 11.5. The van der Waals surface area contributed by atoms with Crippen molar-refractivity contribution in [3.05, 3.63) is 69.4 Å². The van der Waals surface area contributed by atoms with Crippen LogP contribution in [0.25, 0.3) is 0 Å². The zero-order valence-electron chi connectivity index (χ0n) is 14.1. The first-order valence-electron chi connectivity index (χ1n) is 7.77. The van der Waals surface area contributed by atoms with E-state index in [0.29, 0.717) is 11.4 Å². The molecule has 24 heavy (non-hydrogen) atoms. The molecule has 1 aromatic carbocycles. The van der Waals surface area contributed by atoms with E-state index in [0.717, 1.165) is 22.8 Å². The van der Waals surface area contributed by atoms with Crippen molar-refractivity contribution in [3.8, 4) is 0 Å². The first-order valence-corrected chi connectivity index (χ1v) is 8.59. The highest BCUT2D eigenvalue weighted by Crippen LogP contribution is 2.19. The maximum absolute atomic E-state index is 12.6. The molecule has 6 heteroatoms. The van der Waals surface area contributed by atoms with Gasteiger partial charge in [-0.1, -0.05) is 30.3 Å². The number of aryl methyl sites for hydroxylation is 2. The van der Waals surface area contributed by atoms with Gasteiger partial charge in [-0.3, -0.25) is 9.48 Å². The Morgan fingerprint density at radius 3 is 2.62 bits per heavy atom. The molecule has 3 aromatic rings. The third kappa shape index (κ3) is 3.71. The summed E-state index contributed by atoms with van der Waals surface area (Å²) in [6, 6.07) is 10.2. The second kappa shape index (κ2) is 6.97. The third-order valence-corrected chi connectivity index (χ3v) is 4.80. The smallest absolute Gasteiger partial charge is 0.265 e. The van der Waals surface area contributed by atoms with Crippen molar-refractivity contribution in [3.63, 3.8) is 0 Å². The van der Waals surface area contributed by atoms with Crippen molar-refractivity contribution >= 4 is 17.2 Å². The zero-order valence-corrected chi connectivity index (χ0v) is 14.9. The highest BCUT2D eigenvalue weighted by Gasteiger charge is 2.18. The van der Waals surface area contributed by atoms with Crippen LogP contribution >= 0.6 is 11.3 Å². The minimum absolute atomic E-state index is 0.00825. The summed E-state index contributed by atoms with van der Waals surface area (Å²) >= 11 is 1.45. The van der Waals surface area contributed by atoms with Crippen LogP contribution in [0.2, 0.25) is 0 Å². The Labute approximate surface area is 145 Å². The quantitative estimate of drug-likeness (QED) is 0.716. The SMILES string of the molecule is Cc1nc(C)c(C(=O)N(C)Cc2cnn(Cc3ccccc3)c2)s1. The summed E-state index contributed by atoms with van der Waals surface area (Å²) in [5, 5.41) is 5.30. The number of hydrogen-bond acceptors (Lipinski definition) is 4. The summed E-state index contributed by atoms with van der Waals surface area (Å²) in [6.45, 7) is 5.06. The minimum Gasteiger partial charge on any atom is -0.337 e. The molecule has 0 saturated carbocycles. The maximum Gasteiger partial charge on any atom is 0.265 e. The van der Waals surface area contributed by atoms with Gasteiger partial charge in [0.1, 0.15) is 4.88 Å². The predicted molar refractivity (Wildman–Crippen MR) is 95.2 cm³/mol. The fourth-order valence-corrected chi connectivity index (χ4v) is 3.51. The fraction of sp³-hybridized carbons (Fsp3) is 0.278. The van der Waals surface area contributed by atoms with Gasteiger partial charge < -0.3 is 4.90 Å². The topological polar surface area (TPSA) is 51.0 Å². The van der Waals surface area contributed by atoms with Gasteiger partial charge in [-0.2, -0.15) is 5.10 Å². The van der Waals surface area contributed by atoms with Crippen LogP contribution in [0, 0.1) is 13.8 Å². The molecule has 0 aliphatic carbocycles. The maximum atomic E-state index is 12.6. The van der Waals surface area contributed by atoms with Crippen molar-refractivity contribution < 1.29 is 4.79 Å². The van der Waals surface area contributed by atoms with Gasteiger partial charge in [-0.15, -0.1) is 11.3 Å². The van der Waals surface area contributed by atoms with Crippen molar-refractivity contribution in [1.82, 2.24) is 19.7 Å². The van der Waals surface area contributed by atoms with Crippen LogP contribution in [0.15, 0.2) is 42.7 Å².